The molecule has 2 aliphatic heterocycles. The zero-order chi connectivity index (χ0) is 20.3. The summed E-state index contributed by atoms with van der Waals surface area (Å²) >= 11 is 0. The minimum absolute atomic E-state index is 0.0122. The maximum Gasteiger partial charge on any atom is 0.264 e. The number of fused-ring (bicyclic) bond motifs is 1. The maximum absolute atomic E-state index is 13.5. The van der Waals surface area contributed by atoms with Gasteiger partial charge in [-0.05, 0) is 76.2 Å². The zero-order valence-corrected chi connectivity index (χ0v) is 18.0. The second kappa shape index (κ2) is 8.66. The van der Waals surface area contributed by atoms with Crippen molar-refractivity contribution >= 4 is 10.0 Å². The predicted molar refractivity (Wildman–Crippen MR) is 113 cm³/mol. The smallest absolute Gasteiger partial charge is 0.264 e. The van der Waals surface area contributed by atoms with Gasteiger partial charge in [-0.2, -0.15) is 0 Å². The van der Waals surface area contributed by atoms with Crippen molar-refractivity contribution in [3.8, 4) is 0 Å². The van der Waals surface area contributed by atoms with E-state index in [1.807, 2.05) is 45.1 Å². The van der Waals surface area contributed by atoms with Crippen LogP contribution in [-0.2, 0) is 14.8 Å². The summed E-state index contributed by atoms with van der Waals surface area (Å²) in [6.07, 6.45) is 8.30. The molecule has 2 atom stereocenters. The third kappa shape index (κ3) is 4.11. The van der Waals surface area contributed by atoms with Crippen LogP contribution in [0.3, 0.4) is 0 Å². The number of aryl methyl sites for hydroxylation is 1. The highest BCUT2D eigenvalue weighted by Crippen LogP contribution is 2.39. The zero-order valence-electron chi connectivity index (χ0n) is 17.1. The molecule has 4 nitrogen and oxygen atoms in total. The molecular formula is C23H31NO3S. The van der Waals surface area contributed by atoms with Gasteiger partial charge in [0.2, 0.25) is 0 Å². The molecule has 0 aromatic heterocycles. The van der Waals surface area contributed by atoms with Gasteiger partial charge in [0, 0.05) is 6.54 Å². The second-order valence-corrected chi connectivity index (χ2v) is 9.55. The molecule has 0 N–H and O–H groups in total. The lowest BCUT2D eigenvalue weighted by atomic mass is 9.91. The Morgan fingerprint density at radius 3 is 2.64 bits per heavy atom. The topological polar surface area (TPSA) is 46.6 Å². The van der Waals surface area contributed by atoms with Crippen LogP contribution in [0.15, 0.2) is 64.7 Å². The van der Waals surface area contributed by atoms with Crippen molar-refractivity contribution < 1.29 is 13.2 Å². The third-order valence-corrected chi connectivity index (χ3v) is 7.52. The van der Waals surface area contributed by atoms with Gasteiger partial charge in [-0.3, -0.25) is 4.31 Å². The van der Waals surface area contributed by atoms with Crippen molar-refractivity contribution in [2.45, 2.75) is 70.0 Å². The monoisotopic (exact) mass is 401 g/mol. The molecule has 3 rings (SSSR count). The fourth-order valence-corrected chi connectivity index (χ4v) is 5.69. The van der Waals surface area contributed by atoms with Crippen molar-refractivity contribution in [1.29, 1.82) is 0 Å². The highest BCUT2D eigenvalue weighted by atomic mass is 32.2. The van der Waals surface area contributed by atoms with Gasteiger partial charge in [0.15, 0.2) is 0 Å². The summed E-state index contributed by atoms with van der Waals surface area (Å²) in [4.78, 5) is 0.347. The predicted octanol–water partition coefficient (Wildman–Crippen LogP) is 5.12. The van der Waals surface area contributed by atoms with E-state index in [0.717, 1.165) is 54.5 Å². The molecule has 0 radical (unpaired) electrons. The normalized spacial score (nSPS) is 24.0. The van der Waals surface area contributed by atoms with Gasteiger partial charge < -0.3 is 4.74 Å². The van der Waals surface area contributed by atoms with Gasteiger partial charge in [0.05, 0.1) is 22.8 Å². The molecule has 0 spiro atoms. The van der Waals surface area contributed by atoms with Crippen LogP contribution in [0.25, 0.3) is 0 Å². The molecule has 0 amide bonds. The highest BCUT2D eigenvalue weighted by molar-refractivity contribution is 7.89. The number of benzene rings is 1. The van der Waals surface area contributed by atoms with Gasteiger partial charge in [-0.1, -0.05) is 29.8 Å². The van der Waals surface area contributed by atoms with Gasteiger partial charge >= 0.3 is 0 Å². The summed E-state index contributed by atoms with van der Waals surface area (Å²) in [5, 5.41) is 0. The lowest BCUT2D eigenvalue weighted by Gasteiger charge is -2.34. The van der Waals surface area contributed by atoms with Gasteiger partial charge in [-0.15, -0.1) is 6.58 Å². The maximum atomic E-state index is 13.5. The minimum atomic E-state index is -3.62. The number of hydrogen-bond acceptors (Lipinski definition) is 3. The number of rotatable bonds is 5. The summed E-state index contributed by atoms with van der Waals surface area (Å²) in [5.74, 6) is 0. The molecule has 0 saturated carbocycles. The first-order chi connectivity index (χ1) is 13.4. The first-order valence-electron chi connectivity index (χ1n) is 10.1. The molecule has 0 unspecified atom stereocenters. The molecule has 2 aliphatic rings. The van der Waals surface area contributed by atoms with E-state index in [9.17, 15) is 8.42 Å². The van der Waals surface area contributed by atoms with E-state index in [-0.39, 0.29) is 12.2 Å². The fraction of sp³-hybridized carbons (Fsp3) is 0.478. The summed E-state index contributed by atoms with van der Waals surface area (Å²) < 4.78 is 35.0. The molecule has 1 aromatic carbocycles. The summed E-state index contributed by atoms with van der Waals surface area (Å²) in [7, 11) is -3.62. The summed E-state index contributed by atoms with van der Waals surface area (Å²) in [6, 6.07) is 7.12. The number of allylic oxidation sites excluding steroid dienone is 2. The van der Waals surface area contributed by atoms with Crippen LogP contribution in [0.5, 0.6) is 0 Å². The van der Waals surface area contributed by atoms with Crippen molar-refractivity contribution in [2.75, 3.05) is 6.54 Å². The van der Waals surface area contributed by atoms with E-state index < -0.39 is 10.0 Å². The largest absolute Gasteiger partial charge is 0.370 e. The first-order valence-corrected chi connectivity index (χ1v) is 11.5. The molecule has 0 bridgehead atoms. The molecule has 1 saturated heterocycles. The van der Waals surface area contributed by atoms with Crippen LogP contribution >= 0.6 is 0 Å². The van der Waals surface area contributed by atoms with Crippen molar-refractivity contribution in [1.82, 2.24) is 4.31 Å². The van der Waals surface area contributed by atoms with Crippen LogP contribution < -0.4 is 0 Å². The first kappa shape index (κ1) is 20.9. The molecular weight excluding hydrogens is 370 g/mol. The van der Waals surface area contributed by atoms with Crippen LogP contribution in [0.1, 0.15) is 51.5 Å². The Bertz CT molecular complexity index is 881. The summed E-state index contributed by atoms with van der Waals surface area (Å²) in [5.41, 5.74) is 4.00. The Morgan fingerprint density at radius 1 is 1.29 bits per heavy atom. The lowest BCUT2D eigenvalue weighted by Crippen LogP contribution is -2.34. The average molecular weight is 402 g/mol. The van der Waals surface area contributed by atoms with Gasteiger partial charge in [-0.25, -0.2) is 8.42 Å². The number of ether oxygens (including phenoxy) is 1. The Balaban J connectivity index is 2.07. The van der Waals surface area contributed by atoms with Crippen molar-refractivity contribution in [2.24, 2.45) is 0 Å². The van der Waals surface area contributed by atoms with Crippen LogP contribution in [0, 0.1) is 6.92 Å². The van der Waals surface area contributed by atoms with E-state index in [1.165, 1.54) is 0 Å². The second-order valence-electron chi connectivity index (χ2n) is 7.69. The molecule has 5 heteroatoms. The lowest BCUT2D eigenvalue weighted by molar-refractivity contribution is -0.0204. The van der Waals surface area contributed by atoms with Crippen molar-refractivity contribution in [3.63, 3.8) is 0 Å². The quantitative estimate of drug-likeness (QED) is 0.643. The Morgan fingerprint density at radius 2 is 2.00 bits per heavy atom. The summed E-state index contributed by atoms with van der Waals surface area (Å²) in [6.45, 7) is 10.2. The third-order valence-electron chi connectivity index (χ3n) is 5.71. The number of sulfonamides is 1. The molecule has 152 valence electrons. The fourth-order valence-electron chi connectivity index (χ4n) is 4.09. The number of nitrogens with zero attached hydrogens (tertiary/aromatic N) is 1. The van der Waals surface area contributed by atoms with Crippen LogP contribution in [-0.4, -0.2) is 31.5 Å². The molecule has 1 aromatic rings. The van der Waals surface area contributed by atoms with Crippen molar-refractivity contribution in [3.05, 3.63) is 65.4 Å². The Hall–Kier alpha value is -1.85. The van der Waals surface area contributed by atoms with Crippen LogP contribution in [0.2, 0.25) is 0 Å². The van der Waals surface area contributed by atoms with E-state index in [2.05, 4.69) is 6.58 Å². The number of hydrogen-bond donors (Lipinski definition) is 0. The molecule has 28 heavy (non-hydrogen) atoms. The van der Waals surface area contributed by atoms with Gasteiger partial charge in [0.1, 0.15) is 0 Å². The van der Waals surface area contributed by atoms with Crippen LogP contribution in [0.4, 0.5) is 0 Å². The highest BCUT2D eigenvalue weighted by Gasteiger charge is 2.36. The average Bonchev–Trinajstić information content (AvgIpc) is 2.87. The minimum Gasteiger partial charge on any atom is -0.370 e. The SMILES string of the molecule is C=CC[C@H]1CCC2=C(/C(C)=C/C)N(S(=O)(=O)c3ccc(C)cc3)CCC[C@H]2O1. The van der Waals surface area contributed by atoms with Gasteiger partial charge in [0.25, 0.3) is 10.0 Å². The molecule has 0 aliphatic carbocycles. The van der Waals surface area contributed by atoms with E-state index >= 15 is 0 Å². The molecule has 2 heterocycles. The molecule has 1 fully saturated rings. The van der Waals surface area contributed by atoms with E-state index in [4.69, 9.17) is 4.74 Å². The van der Waals surface area contributed by atoms with E-state index in [1.54, 1.807) is 16.4 Å². The van der Waals surface area contributed by atoms with E-state index in [0.29, 0.717) is 11.4 Å². The Kier molecular flexibility index (Phi) is 6.46. The Labute approximate surface area is 169 Å². The standard InChI is InChI=1S/C23H31NO3S/c1-5-8-19-12-15-21-22(27-19)9-7-16-24(23(21)18(4)6-2)28(25,26)20-13-10-17(3)11-14-20/h5-6,10-11,13-14,19,22H,1,7-9,12,15-16H2,2-4H3/b18-6+/t19-,22+/m0/s1.